The zero-order valence-electron chi connectivity index (χ0n) is 7.82. The predicted octanol–water partition coefficient (Wildman–Crippen LogP) is 3.10. The molecule has 9 heavy (non-hydrogen) atoms. The van der Waals surface area contributed by atoms with Crippen LogP contribution in [0.2, 0.25) is 0 Å². The molecule has 60 valence electrons. The molecule has 0 aromatic rings. The molecule has 0 heterocycles. The van der Waals surface area contributed by atoms with Crippen molar-refractivity contribution in [1.82, 2.24) is 0 Å². The molecule has 0 aliphatic carbocycles. The van der Waals surface area contributed by atoms with Gasteiger partial charge in [-0.2, -0.15) is 0 Å². The Morgan fingerprint density at radius 2 is 1.11 bits per heavy atom. The standard InChI is InChI=1S/C3H8O.C3H8.C2H6/c1-3-4-2;1-3-2;1-2/h3H2,1-2H3;3H2,1-2H3;1-2H3. The maximum atomic E-state index is 4.54. The summed E-state index contributed by atoms with van der Waals surface area (Å²) in [7, 11) is 1.68. The van der Waals surface area contributed by atoms with Gasteiger partial charge < -0.3 is 4.74 Å². The van der Waals surface area contributed by atoms with Gasteiger partial charge in [-0.1, -0.05) is 34.1 Å². The Labute approximate surface area is 60.4 Å². The molecular formula is C8H22O. The average Bonchev–Trinajstić information content (AvgIpc) is 1.94. The van der Waals surface area contributed by atoms with Gasteiger partial charge in [0.1, 0.15) is 0 Å². The van der Waals surface area contributed by atoms with E-state index in [4.69, 9.17) is 0 Å². The van der Waals surface area contributed by atoms with Crippen LogP contribution in [0.15, 0.2) is 0 Å². The summed E-state index contributed by atoms with van der Waals surface area (Å²) in [6, 6.07) is 0. The van der Waals surface area contributed by atoms with Gasteiger partial charge in [-0.05, 0) is 6.92 Å². The van der Waals surface area contributed by atoms with E-state index in [1.165, 1.54) is 6.42 Å². The van der Waals surface area contributed by atoms with Crippen molar-refractivity contribution in [1.29, 1.82) is 0 Å². The minimum Gasteiger partial charge on any atom is -0.385 e. The Bertz CT molecular complexity index is 12.0. The molecule has 0 saturated heterocycles. The second-order valence-electron chi connectivity index (χ2n) is 1.28. The second-order valence-corrected chi connectivity index (χ2v) is 1.28. The molecule has 0 N–H and O–H groups in total. The number of methoxy groups -OCH3 is 1. The molecule has 1 heteroatoms. The fourth-order valence-electron chi connectivity index (χ4n) is 0. The van der Waals surface area contributed by atoms with Crippen molar-refractivity contribution < 1.29 is 4.74 Å². The molecule has 0 saturated carbocycles. The van der Waals surface area contributed by atoms with Crippen LogP contribution in [0.4, 0.5) is 0 Å². The Morgan fingerprint density at radius 1 is 1.00 bits per heavy atom. The molecule has 0 atom stereocenters. The van der Waals surface area contributed by atoms with Crippen LogP contribution in [-0.4, -0.2) is 13.7 Å². The largest absolute Gasteiger partial charge is 0.385 e. The van der Waals surface area contributed by atoms with Crippen molar-refractivity contribution in [3.8, 4) is 0 Å². The summed E-state index contributed by atoms with van der Waals surface area (Å²) in [5.74, 6) is 0. The minimum absolute atomic E-state index is 0.819. The van der Waals surface area contributed by atoms with Gasteiger partial charge in [0.15, 0.2) is 0 Å². The summed E-state index contributed by atoms with van der Waals surface area (Å²) >= 11 is 0. The van der Waals surface area contributed by atoms with Gasteiger partial charge in [0, 0.05) is 13.7 Å². The molecule has 0 aliphatic rings. The van der Waals surface area contributed by atoms with Crippen molar-refractivity contribution in [3.63, 3.8) is 0 Å². The summed E-state index contributed by atoms with van der Waals surface area (Å²) < 4.78 is 4.54. The van der Waals surface area contributed by atoms with Crippen LogP contribution < -0.4 is 0 Å². The maximum absolute atomic E-state index is 4.54. The SMILES string of the molecule is CC.CCC.CCOC. The summed E-state index contributed by atoms with van der Waals surface area (Å²) in [4.78, 5) is 0. The molecule has 0 radical (unpaired) electrons. The monoisotopic (exact) mass is 134 g/mol. The first-order valence-corrected chi connectivity index (χ1v) is 3.82. The first-order valence-electron chi connectivity index (χ1n) is 3.82. The van der Waals surface area contributed by atoms with Gasteiger partial charge in [0.2, 0.25) is 0 Å². The molecule has 0 spiro atoms. The van der Waals surface area contributed by atoms with Crippen molar-refractivity contribution in [2.24, 2.45) is 0 Å². The van der Waals surface area contributed by atoms with Crippen molar-refractivity contribution in [2.75, 3.05) is 13.7 Å². The zero-order chi connectivity index (χ0) is 8.12. The zero-order valence-corrected chi connectivity index (χ0v) is 7.82. The third-order valence-corrected chi connectivity index (χ3v) is 0.289. The molecule has 0 aromatic carbocycles. The molecule has 1 nitrogen and oxygen atoms in total. The smallest absolute Gasteiger partial charge is 0.0433 e. The lowest BCUT2D eigenvalue weighted by atomic mass is 10.6. The van der Waals surface area contributed by atoms with Gasteiger partial charge in [-0.25, -0.2) is 0 Å². The van der Waals surface area contributed by atoms with E-state index in [1.807, 2.05) is 20.8 Å². The third-order valence-electron chi connectivity index (χ3n) is 0.289. The van der Waals surface area contributed by atoms with Crippen LogP contribution in [0.25, 0.3) is 0 Å². The predicted molar refractivity (Wildman–Crippen MR) is 44.9 cm³/mol. The van der Waals surface area contributed by atoms with E-state index in [2.05, 4.69) is 18.6 Å². The number of rotatable bonds is 1. The lowest BCUT2D eigenvalue weighted by Crippen LogP contribution is -1.73. The molecule has 0 aromatic heterocycles. The number of hydrogen-bond donors (Lipinski definition) is 0. The van der Waals surface area contributed by atoms with E-state index in [9.17, 15) is 0 Å². The first-order chi connectivity index (χ1) is 4.33. The topological polar surface area (TPSA) is 9.23 Å². The Morgan fingerprint density at radius 3 is 1.11 bits per heavy atom. The average molecular weight is 134 g/mol. The van der Waals surface area contributed by atoms with E-state index in [-0.39, 0.29) is 0 Å². The Kier molecular flexibility index (Phi) is 78.2. The molecule has 0 rings (SSSR count). The highest BCUT2D eigenvalue weighted by Crippen LogP contribution is 1.56. The third kappa shape index (κ3) is 307. The number of ether oxygens (including phenoxy) is 1. The summed E-state index contributed by atoms with van der Waals surface area (Å²) in [5.41, 5.74) is 0. The van der Waals surface area contributed by atoms with Gasteiger partial charge in [-0.15, -0.1) is 0 Å². The number of hydrogen-bond acceptors (Lipinski definition) is 1. The fourth-order valence-corrected chi connectivity index (χ4v) is 0. The van der Waals surface area contributed by atoms with Crippen molar-refractivity contribution in [3.05, 3.63) is 0 Å². The summed E-state index contributed by atoms with van der Waals surface area (Å²) in [6.45, 7) is 11.0. The van der Waals surface area contributed by atoms with Crippen molar-refractivity contribution >= 4 is 0 Å². The molecule has 0 aliphatic heterocycles. The molecular weight excluding hydrogens is 112 g/mol. The highest BCUT2D eigenvalue weighted by molar-refractivity contribution is 3.94. The van der Waals surface area contributed by atoms with Gasteiger partial charge in [0.05, 0.1) is 0 Å². The maximum Gasteiger partial charge on any atom is 0.0433 e. The molecule has 0 amide bonds. The van der Waals surface area contributed by atoms with E-state index in [0.717, 1.165) is 6.61 Å². The van der Waals surface area contributed by atoms with E-state index in [0.29, 0.717) is 0 Å². The van der Waals surface area contributed by atoms with Crippen LogP contribution in [0, 0.1) is 0 Å². The van der Waals surface area contributed by atoms with E-state index < -0.39 is 0 Å². The fraction of sp³-hybridized carbons (Fsp3) is 1.00. The first kappa shape index (κ1) is 16.0. The molecule has 0 fully saturated rings. The van der Waals surface area contributed by atoms with Crippen LogP contribution in [0.3, 0.4) is 0 Å². The van der Waals surface area contributed by atoms with Crippen molar-refractivity contribution in [2.45, 2.75) is 41.0 Å². The highest BCUT2D eigenvalue weighted by atomic mass is 16.5. The van der Waals surface area contributed by atoms with Crippen LogP contribution >= 0.6 is 0 Å². The lowest BCUT2D eigenvalue weighted by Gasteiger charge is -1.76. The summed E-state index contributed by atoms with van der Waals surface area (Å²) in [6.07, 6.45) is 1.25. The van der Waals surface area contributed by atoms with E-state index >= 15 is 0 Å². The minimum atomic E-state index is 0.819. The van der Waals surface area contributed by atoms with Crippen LogP contribution in [-0.2, 0) is 4.74 Å². The van der Waals surface area contributed by atoms with Crippen LogP contribution in [0.1, 0.15) is 41.0 Å². The Hall–Kier alpha value is -0.0400. The second kappa shape index (κ2) is 44.0. The Balaban J connectivity index is -0.0000000646. The lowest BCUT2D eigenvalue weighted by molar-refractivity contribution is 0.215. The normalized spacial score (nSPS) is 6.00. The van der Waals surface area contributed by atoms with Gasteiger partial charge in [0.25, 0.3) is 0 Å². The van der Waals surface area contributed by atoms with E-state index in [1.54, 1.807) is 7.11 Å². The molecule has 0 unspecified atom stereocenters. The van der Waals surface area contributed by atoms with Gasteiger partial charge >= 0.3 is 0 Å². The van der Waals surface area contributed by atoms with Gasteiger partial charge in [-0.3, -0.25) is 0 Å². The van der Waals surface area contributed by atoms with Crippen LogP contribution in [0.5, 0.6) is 0 Å². The quantitative estimate of drug-likeness (QED) is 0.535. The highest BCUT2D eigenvalue weighted by Gasteiger charge is 1.51. The molecule has 0 bridgehead atoms. The summed E-state index contributed by atoms with van der Waals surface area (Å²) in [5, 5.41) is 0.